The van der Waals surface area contributed by atoms with Crippen molar-refractivity contribution in [2.45, 2.75) is 12.5 Å². The minimum atomic E-state index is -1.08. The normalized spacial score (nSPS) is 17.8. The fourth-order valence-electron chi connectivity index (χ4n) is 2.09. The lowest BCUT2D eigenvalue weighted by Gasteiger charge is -2.22. The molecule has 8 heteroatoms. The van der Waals surface area contributed by atoms with E-state index in [4.69, 9.17) is 12.2 Å². The van der Waals surface area contributed by atoms with Gasteiger partial charge in [-0.2, -0.15) is 11.8 Å². The number of carbonyl (C=O) groups is 2. The lowest BCUT2D eigenvalue weighted by atomic mass is 10.1. The largest absolute Gasteiger partial charge is 0.480 e. The fraction of sp³-hybridized carbons (Fsp3) is 0.267. The highest BCUT2D eigenvalue weighted by atomic mass is 32.2. The zero-order chi connectivity index (χ0) is 17.0. The molecule has 122 valence electrons. The number of benzene rings is 1. The molecule has 1 N–H and O–H groups in total. The highest BCUT2D eigenvalue weighted by molar-refractivity contribution is 8.26. The summed E-state index contributed by atoms with van der Waals surface area (Å²) < 4.78 is 13.4. The monoisotopic (exact) mass is 371 g/mol. The summed E-state index contributed by atoms with van der Waals surface area (Å²) >= 11 is 7.71. The number of thiocarbonyl (C=S) groups is 1. The van der Waals surface area contributed by atoms with Gasteiger partial charge < -0.3 is 5.11 Å². The molecule has 4 nitrogen and oxygen atoms in total. The number of hydrogen-bond acceptors (Lipinski definition) is 5. The summed E-state index contributed by atoms with van der Waals surface area (Å²) in [6, 6.07) is 4.84. The molecule has 0 aromatic heterocycles. The van der Waals surface area contributed by atoms with Gasteiger partial charge in [-0.3, -0.25) is 9.69 Å². The first kappa shape index (κ1) is 18.0. The molecule has 1 aliphatic rings. The molecule has 1 fully saturated rings. The lowest BCUT2D eigenvalue weighted by Crippen LogP contribution is -2.44. The molecule has 0 unspecified atom stereocenters. The summed E-state index contributed by atoms with van der Waals surface area (Å²) in [5, 5.41) is 9.37. The highest BCUT2D eigenvalue weighted by Gasteiger charge is 2.40. The summed E-state index contributed by atoms with van der Waals surface area (Å²) in [6.07, 6.45) is 3.71. The van der Waals surface area contributed by atoms with E-state index in [1.165, 1.54) is 30.0 Å². The van der Waals surface area contributed by atoms with Crippen molar-refractivity contribution in [2.24, 2.45) is 0 Å². The van der Waals surface area contributed by atoms with Crippen molar-refractivity contribution in [2.75, 3.05) is 12.0 Å². The molecular formula is C15H14FNO3S3. The van der Waals surface area contributed by atoms with Gasteiger partial charge in [0.1, 0.15) is 16.2 Å². The first-order chi connectivity index (χ1) is 10.9. The molecule has 2 rings (SSSR count). The molecule has 0 aliphatic carbocycles. The third-order valence-electron chi connectivity index (χ3n) is 3.16. The van der Waals surface area contributed by atoms with E-state index in [1.54, 1.807) is 12.1 Å². The van der Waals surface area contributed by atoms with Crippen LogP contribution in [0.3, 0.4) is 0 Å². The second kappa shape index (κ2) is 7.94. The number of carboxylic acids is 1. The number of rotatable bonds is 6. The molecule has 23 heavy (non-hydrogen) atoms. The number of hydrogen-bond donors (Lipinski definition) is 1. The van der Waals surface area contributed by atoms with E-state index in [0.717, 1.165) is 16.7 Å². The van der Waals surface area contributed by atoms with Gasteiger partial charge in [-0.15, -0.1) is 0 Å². The van der Waals surface area contributed by atoms with Crippen LogP contribution in [-0.4, -0.2) is 44.3 Å². The predicted molar refractivity (Wildman–Crippen MR) is 95.8 cm³/mol. The van der Waals surface area contributed by atoms with Gasteiger partial charge in [-0.1, -0.05) is 36.1 Å². The van der Waals surface area contributed by atoms with Crippen LogP contribution in [0.25, 0.3) is 6.08 Å². The van der Waals surface area contributed by atoms with Crippen molar-refractivity contribution in [1.29, 1.82) is 0 Å². The Balaban J connectivity index is 2.26. The summed E-state index contributed by atoms with van der Waals surface area (Å²) in [7, 11) is 0. The second-order valence-electron chi connectivity index (χ2n) is 4.74. The van der Waals surface area contributed by atoms with Crippen LogP contribution in [0, 0.1) is 5.82 Å². The minimum Gasteiger partial charge on any atom is -0.480 e. The molecule has 1 saturated heterocycles. The predicted octanol–water partition coefficient (Wildman–Crippen LogP) is 3.23. The Morgan fingerprint density at radius 1 is 1.57 bits per heavy atom. The number of amides is 1. The van der Waals surface area contributed by atoms with E-state index in [2.05, 4.69) is 0 Å². The van der Waals surface area contributed by atoms with Crippen molar-refractivity contribution >= 4 is 58.0 Å². The van der Waals surface area contributed by atoms with E-state index >= 15 is 0 Å². The summed E-state index contributed by atoms with van der Waals surface area (Å²) in [4.78, 5) is 25.4. The van der Waals surface area contributed by atoms with Crippen molar-refractivity contribution < 1.29 is 19.1 Å². The molecule has 1 aromatic rings. The summed E-state index contributed by atoms with van der Waals surface area (Å²) in [5.41, 5.74) is 0.529. The molecule has 1 amide bonds. The zero-order valence-electron chi connectivity index (χ0n) is 12.2. The third kappa shape index (κ3) is 4.33. The van der Waals surface area contributed by atoms with Crippen LogP contribution >= 0.6 is 35.7 Å². The maximum Gasteiger partial charge on any atom is 0.326 e. The molecule has 0 radical (unpaired) electrons. The summed E-state index contributed by atoms with van der Waals surface area (Å²) in [5.74, 6) is -1.32. The SMILES string of the molecule is CSCC[C@@H](C(=O)O)N1C(=O)/C(=C/c2cccc(F)c2)SC1=S. The first-order valence-electron chi connectivity index (χ1n) is 6.68. The molecule has 0 spiro atoms. The molecule has 1 atom stereocenters. The first-order valence-corrected chi connectivity index (χ1v) is 9.30. The van der Waals surface area contributed by atoms with Crippen molar-refractivity contribution in [3.05, 3.63) is 40.6 Å². The Bertz CT molecular complexity index is 678. The topological polar surface area (TPSA) is 57.6 Å². The number of carboxylic acid groups (broad SMARTS) is 1. The van der Waals surface area contributed by atoms with Crippen molar-refractivity contribution in [1.82, 2.24) is 4.90 Å². The molecule has 1 aliphatic heterocycles. The Hall–Kier alpha value is -1.38. The number of aliphatic carboxylic acids is 1. The van der Waals surface area contributed by atoms with E-state index in [0.29, 0.717) is 22.6 Å². The smallest absolute Gasteiger partial charge is 0.326 e. The third-order valence-corrected chi connectivity index (χ3v) is 5.14. The maximum atomic E-state index is 13.2. The van der Waals surface area contributed by atoms with Crippen molar-refractivity contribution in [3.8, 4) is 0 Å². The van der Waals surface area contributed by atoms with Gasteiger partial charge in [-0.05, 0) is 42.2 Å². The Kier molecular flexibility index (Phi) is 6.20. The van der Waals surface area contributed by atoms with E-state index in [9.17, 15) is 19.1 Å². The number of nitrogens with zero attached hydrogens (tertiary/aromatic N) is 1. The Labute approximate surface area is 147 Å². The zero-order valence-corrected chi connectivity index (χ0v) is 14.6. The van der Waals surface area contributed by atoms with Crippen LogP contribution in [0.2, 0.25) is 0 Å². The van der Waals surface area contributed by atoms with Crippen LogP contribution in [0.4, 0.5) is 4.39 Å². The van der Waals surface area contributed by atoms with Gasteiger partial charge in [0.05, 0.1) is 4.91 Å². The average Bonchev–Trinajstić information content (AvgIpc) is 2.75. The average molecular weight is 371 g/mol. The van der Waals surface area contributed by atoms with Crippen LogP contribution in [0.15, 0.2) is 29.2 Å². The number of thioether (sulfide) groups is 2. The standard InChI is InChI=1S/C15H14FNO3S3/c1-22-6-5-11(14(19)20)17-13(18)12(23-15(17)21)8-9-3-2-4-10(16)7-9/h2-4,7-8,11H,5-6H2,1H3,(H,19,20)/b12-8-/t11-/m0/s1. The van der Waals surface area contributed by atoms with E-state index < -0.39 is 23.7 Å². The van der Waals surface area contributed by atoms with Gasteiger partial charge in [0.2, 0.25) is 0 Å². The lowest BCUT2D eigenvalue weighted by molar-refractivity contribution is -0.145. The van der Waals surface area contributed by atoms with Crippen LogP contribution in [-0.2, 0) is 9.59 Å². The molecule has 0 bridgehead atoms. The summed E-state index contributed by atoms with van der Waals surface area (Å²) in [6.45, 7) is 0. The van der Waals surface area contributed by atoms with Crippen LogP contribution in [0.5, 0.6) is 0 Å². The number of carbonyl (C=O) groups excluding carboxylic acids is 1. The molecular weight excluding hydrogens is 357 g/mol. The molecule has 1 aromatic carbocycles. The van der Waals surface area contributed by atoms with Crippen LogP contribution in [0.1, 0.15) is 12.0 Å². The van der Waals surface area contributed by atoms with Gasteiger partial charge in [0, 0.05) is 0 Å². The second-order valence-corrected chi connectivity index (χ2v) is 7.40. The van der Waals surface area contributed by atoms with Gasteiger partial charge >= 0.3 is 5.97 Å². The van der Waals surface area contributed by atoms with Gasteiger partial charge in [0.15, 0.2) is 0 Å². The molecule has 1 heterocycles. The highest BCUT2D eigenvalue weighted by Crippen LogP contribution is 2.34. The minimum absolute atomic E-state index is 0.214. The van der Waals surface area contributed by atoms with E-state index in [-0.39, 0.29) is 4.32 Å². The maximum absolute atomic E-state index is 13.2. The van der Waals surface area contributed by atoms with Gasteiger partial charge in [-0.25, -0.2) is 9.18 Å². The fourth-order valence-corrected chi connectivity index (χ4v) is 3.90. The number of halogens is 1. The van der Waals surface area contributed by atoms with Crippen LogP contribution < -0.4 is 0 Å². The molecule has 0 saturated carbocycles. The van der Waals surface area contributed by atoms with E-state index in [1.807, 2.05) is 6.26 Å². The van der Waals surface area contributed by atoms with Crippen molar-refractivity contribution in [3.63, 3.8) is 0 Å². The Morgan fingerprint density at radius 3 is 2.91 bits per heavy atom. The van der Waals surface area contributed by atoms with Gasteiger partial charge in [0.25, 0.3) is 5.91 Å². The quantitative estimate of drug-likeness (QED) is 0.612. The Morgan fingerprint density at radius 2 is 2.30 bits per heavy atom.